The normalized spacial score (nSPS) is 22.3. The Bertz CT molecular complexity index is 915. The first-order valence-electron chi connectivity index (χ1n) is 12.7. The molecule has 4 rings (SSSR count). The van der Waals surface area contributed by atoms with E-state index in [4.69, 9.17) is 14.2 Å². The molecule has 0 saturated carbocycles. The summed E-state index contributed by atoms with van der Waals surface area (Å²) in [5.74, 6) is 1.80. The molecule has 186 valence electrons. The fourth-order valence-electron chi connectivity index (χ4n) is 4.82. The van der Waals surface area contributed by atoms with Crippen LogP contribution in [0.4, 0.5) is 0 Å². The topological polar surface area (TPSA) is 54.4 Å². The Morgan fingerprint density at radius 3 is 2.62 bits per heavy atom. The third-order valence-corrected chi connectivity index (χ3v) is 6.92. The second-order valence-electron chi connectivity index (χ2n) is 9.86. The second-order valence-corrected chi connectivity index (χ2v) is 9.86. The first kappa shape index (κ1) is 25.0. The van der Waals surface area contributed by atoms with Crippen molar-refractivity contribution in [2.45, 2.75) is 45.3 Å². The van der Waals surface area contributed by atoms with Crippen molar-refractivity contribution in [2.75, 3.05) is 59.2 Å². The molecule has 6 nitrogen and oxygen atoms in total. The Morgan fingerprint density at radius 1 is 0.941 bits per heavy atom. The van der Waals surface area contributed by atoms with E-state index in [9.17, 15) is 5.11 Å². The predicted octanol–water partition coefficient (Wildman–Crippen LogP) is 3.81. The molecule has 0 unspecified atom stereocenters. The number of hydrogen-bond acceptors (Lipinski definition) is 6. The van der Waals surface area contributed by atoms with Crippen LogP contribution >= 0.6 is 0 Å². The molecule has 2 saturated heterocycles. The van der Waals surface area contributed by atoms with Crippen LogP contribution in [0.15, 0.2) is 42.5 Å². The molecular weight excluding hydrogens is 428 g/mol. The van der Waals surface area contributed by atoms with Crippen molar-refractivity contribution in [1.29, 1.82) is 0 Å². The maximum Gasteiger partial charge on any atom is 0.122 e. The van der Waals surface area contributed by atoms with E-state index in [0.717, 1.165) is 82.4 Å². The van der Waals surface area contributed by atoms with Crippen LogP contribution in [0.5, 0.6) is 11.5 Å². The van der Waals surface area contributed by atoms with E-state index >= 15 is 0 Å². The van der Waals surface area contributed by atoms with E-state index in [1.165, 1.54) is 11.1 Å². The molecule has 2 aliphatic heterocycles. The van der Waals surface area contributed by atoms with Crippen LogP contribution in [0.2, 0.25) is 0 Å². The molecule has 0 aliphatic carbocycles. The quantitative estimate of drug-likeness (QED) is 0.604. The second kappa shape index (κ2) is 12.0. The zero-order chi connectivity index (χ0) is 23.8. The average Bonchev–Trinajstić information content (AvgIpc) is 3.01. The fraction of sp³-hybridized carbons (Fsp3) is 0.571. The molecule has 0 spiro atoms. The number of hydrogen-bond donors (Lipinski definition) is 1. The number of rotatable bonds is 9. The van der Waals surface area contributed by atoms with Gasteiger partial charge in [-0.15, -0.1) is 0 Å². The third-order valence-electron chi connectivity index (χ3n) is 6.92. The summed E-state index contributed by atoms with van der Waals surface area (Å²) in [6.45, 7) is 12.4. The number of ether oxygens (including phenoxy) is 3. The van der Waals surface area contributed by atoms with Gasteiger partial charge in [0.2, 0.25) is 0 Å². The molecule has 1 N–H and O–H groups in total. The van der Waals surface area contributed by atoms with Crippen molar-refractivity contribution >= 4 is 0 Å². The molecule has 0 amide bonds. The number of aryl methyl sites for hydroxylation is 2. The summed E-state index contributed by atoms with van der Waals surface area (Å²) in [6, 6.07) is 14.6. The van der Waals surface area contributed by atoms with Gasteiger partial charge in [0.1, 0.15) is 24.7 Å². The van der Waals surface area contributed by atoms with Gasteiger partial charge in [0.05, 0.1) is 18.8 Å². The maximum absolute atomic E-state index is 11.2. The van der Waals surface area contributed by atoms with Gasteiger partial charge in [0, 0.05) is 32.7 Å². The SMILES string of the molecule is Cc1ccc(OC[C@@]2(O)CCCN(Cc3cccc(OCCN4CCOCC4)c3)CC2)c(C)c1. The molecule has 2 aromatic rings. The van der Waals surface area contributed by atoms with E-state index in [0.29, 0.717) is 19.6 Å². The zero-order valence-electron chi connectivity index (χ0n) is 20.8. The fourth-order valence-corrected chi connectivity index (χ4v) is 4.82. The lowest BCUT2D eigenvalue weighted by Gasteiger charge is -2.27. The van der Waals surface area contributed by atoms with Crippen LogP contribution in [0.25, 0.3) is 0 Å². The van der Waals surface area contributed by atoms with Gasteiger partial charge in [0.15, 0.2) is 0 Å². The van der Waals surface area contributed by atoms with E-state index in [2.05, 4.69) is 54.0 Å². The average molecular weight is 469 g/mol. The van der Waals surface area contributed by atoms with E-state index < -0.39 is 5.60 Å². The zero-order valence-corrected chi connectivity index (χ0v) is 20.8. The molecule has 0 aromatic heterocycles. The lowest BCUT2D eigenvalue weighted by molar-refractivity contribution is -0.0170. The minimum absolute atomic E-state index is 0.344. The van der Waals surface area contributed by atoms with Crippen molar-refractivity contribution in [2.24, 2.45) is 0 Å². The van der Waals surface area contributed by atoms with Gasteiger partial charge in [0.25, 0.3) is 0 Å². The van der Waals surface area contributed by atoms with Crippen LogP contribution in [0, 0.1) is 13.8 Å². The molecule has 2 aliphatic rings. The van der Waals surface area contributed by atoms with E-state index in [-0.39, 0.29) is 0 Å². The summed E-state index contributed by atoms with van der Waals surface area (Å²) in [7, 11) is 0. The standard InChI is InChI=1S/C28H40N2O4/c1-23-7-8-27(24(2)19-23)34-22-28(31)9-4-11-30(12-10-28)21-25-5-3-6-26(20-25)33-18-15-29-13-16-32-17-14-29/h3,5-8,19-20,31H,4,9-18,21-22H2,1-2H3/t28-/m1/s1. The Labute approximate surface area is 204 Å². The number of morpholine rings is 1. The number of aliphatic hydroxyl groups is 1. The van der Waals surface area contributed by atoms with Crippen LogP contribution in [0.1, 0.15) is 36.0 Å². The van der Waals surface area contributed by atoms with Crippen molar-refractivity contribution in [3.8, 4) is 11.5 Å². The van der Waals surface area contributed by atoms with Crippen molar-refractivity contribution < 1.29 is 19.3 Å². The Balaban J connectivity index is 1.24. The summed E-state index contributed by atoms with van der Waals surface area (Å²) < 4.78 is 17.5. The first-order valence-corrected chi connectivity index (χ1v) is 12.7. The number of nitrogens with zero attached hydrogens (tertiary/aromatic N) is 2. The highest BCUT2D eigenvalue weighted by Crippen LogP contribution is 2.27. The largest absolute Gasteiger partial charge is 0.492 e. The van der Waals surface area contributed by atoms with Gasteiger partial charge in [-0.3, -0.25) is 9.80 Å². The highest BCUT2D eigenvalue weighted by Gasteiger charge is 2.31. The van der Waals surface area contributed by atoms with Gasteiger partial charge < -0.3 is 19.3 Å². The van der Waals surface area contributed by atoms with E-state index in [1.54, 1.807) is 0 Å². The molecule has 34 heavy (non-hydrogen) atoms. The Hall–Kier alpha value is -2.12. The summed E-state index contributed by atoms with van der Waals surface area (Å²) in [4.78, 5) is 4.82. The lowest BCUT2D eigenvalue weighted by Crippen LogP contribution is -2.38. The monoisotopic (exact) mass is 468 g/mol. The molecule has 1 atom stereocenters. The van der Waals surface area contributed by atoms with Crippen LogP contribution < -0.4 is 9.47 Å². The van der Waals surface area contributed by atoms with Gasteiger partial charge in [-0.1, -0.05) is 29.8 Å². The maximum atomic E-state index is 11.2. The lowest BCUT2D eigenvalue weighted by atomic mass is 9.96. The third kappa shape index (κ3) is 7.44. The molecule has 0 bridgehead atoms. The molecule has 0 radical (unpaired) electrons. The van der Waals surface area contributed by atoms with Crippen LogP contribution in [-0.2, 0) is 11.3 Å². The van der Waals surface area contributed by atoms with Crippen LogP contribution in [0.3, 0.4) is 0 Å². The molecular formula is C28H40N2O4. The molecule has 2 fully saturated rings. The van der Waals surface area contributed by atoms with Gasteiger partial charge >= 0.3 is 0 Å². The number of likely N-dealkylation sites (tertiary alicyclic amines) is 1. The smallest absolute Gasteiger partial charge is 0.122 e. The Kier molecular flexibility index (Phi) is 8.84. The van der Waals surface area contributed by atoms with Gasteiger partial charge in [-0.2, -0.15) is 0 Å². The highest BCUT2D eigenvalue weighted by molar-refractivity contribution is 5.35. The van der Waals surface area contributed by atoms with Crippen LogP contribution in [-0.4, -0.2) is 79.7 Å². The minimum Gasteiger partial charge on any atom is -0.492 e. The first-order chi connectivity index (χ1) is 16.5. The minimum atomic E-state index is -0.781. The summed E-state index contributed by atoms with van der Waals surface area (Å²) in [5.41, 5.74) is 2.81. The Morgan fingerprint density at radius 2 is 1.79 bits per heavy atom. The highest BCUT2D eigenvalue weighted by atomic mass is 16.5. The molecule has 2 heterocycles. The van der Waals surface area contributed by atoms with Gasteiger partial charge in [-0.25, -0.2) is 0 Å². The summed E-state index contributed by atoms with van der Waals surface area (Å²) >= 11 is 0. The van der Waals surface area contributed by atoms with Crippen molar-refractivity contribution in [3.63, 3.8) is 0 Å². The molecule has 6 heteroatoms. The molecule has 2 aromatic carbocycles. The summed E-state index contributed by atoms with van der Waals surface area (Å²) in [6.07, 6.45) is 2.44. The van der Waals surface area contributed by atoms with Crippen molar-refractivity contribution in [3.05, 3.63) is 59.2 Å². The predicted molar refractivity (Wildman–Crippen MR) is 135 cm³/mol. The number of benzene rings is 2. The van der Waals surface area contributed by atoms with Crippen molar-refractivity contribution in [1.82, 2.24) is 9.80 Å². The van der Waals surface area contributed by atoms with Gasteiger partial charge in [-0.05, 0) is 69.0 Å². The van der Waals surface area contributed by atoms with E-state index in [1.807, 2.05) is 12.1 Å². The summed E-state index contributed by atoms with van der Waals surface area (Å²) in [5, 5.41) is 11.2.